The van der Waals surface area contributed by atoms with Crippen LogP contribution in [0, 0.1) is 11.6 Å². The lowest BCUT2D eigenvalue weighted by atomic mass is 9.98. The standard InChI is InChI=1S/C10H10F2O2/c1-6(2-3-13)7-4-8(11)10(14)9(12)5-7/h3-6,14H,2H2,1H3. The van der Waals surface area contributed by atoms with Gasteiger partial charge in [0.1, 0.15) is 6.29 Å². The average Bonchev–Trinajstić information content (AvgIpc) is 2.13. The van der Waals surface area contributed by atoms with Crippen molar-refractivity contribution in [2.24, 2.45) is 0 Å². The van der Waals surface area contributed by atoms with Crippen molar-refractivity contribution >= 4 is 6.29 Å². The molecule has 14 heavy (non-hydrogen) atoms. The van der Waals surface area contributed by atoms with Crippen LogP contribution in [0.25, 0.3) is 0 Å². The first kappa shape index (κ1) is 10.6. The molecule has 0 aromatic heterocycles. The first-order valence-electron chi connectivity index (χ1n) is 4.17. The van der Waals surface area contributed by atoms with Crippen LogP contribution in [0.5, 0.6) is 5.75 Å². The van der Waals surface area contributed by atoms with Gasteiger partial charge < -0.3 is 9.90 Å². The molecule has 0 amide bonds. The van der Waals surface area contributed by atoms with E-state index in [4.69, 9.17) is 5.11 Å². The summed E-state index contributed by atoms with van der Waals surface area (Å²) in [4.78, 5) is 10.2. The molecule has 0 radical (unpaired) electrons. The third kappa shape index (κ3) is 2.07. The van der Waals surface area contributed by atoms with Crippen LogP contribution < -0.4 is 0 Å². The van der Waals surface area contributed by atoms with E-state index in [1.807, 2.05) is 0 Å². The number of rotatable bonds is 3. The van der Waals surface area contributed by atoms with E-state index in [2.05, 4.69) is 0 Å². The second-order valence-corrected chi connectivity index (χ2v) is 3.14. The largest absolute Gasteiger partial charge is 0.503 e. The highest BCUT2D eigenvalue weighted by atomic mass is 19.1. The molecule has 1 aromatic carbocycles. The lowest BCUT2D eigenvalue weighted by Gasteiger charge is -2.09. The molecule has 1 N–H and O–H groups in total. The predicted molar refractivity (Wildman–Crippen MR) is 47.1 cm³/mol. The van der Waals surface area contributed by atoms with Crippen LogP contribution in [0.15, 0.2) is 12.1 Å². The van der Waals surface area contributed by atoms with Crippen LogP contribution >= 0.6 is 0 Å². The van der Waals surface area contributed by atoms with E-state index >= 15 is 0 Å². The zero-order valence-corrected chi connectivity index (χ0v) is 7.63. The Morgan fingerprint density at radius 1 is 1.43 bits per heavy atom. The number of benzene rings is 1. The van der Waals surface area contributed by atoms with Gasteiger partial charge in [-0.3, -0.25) is 0 Å². The highest BCUT2D eigenvalue weighted by molar-refractivity contribution is 5.51. The number of phenols is 1. The van der Waals surface area contributed by atoms with Crippen LogP contribution in [0.1, 0.15) is 24.8 Å². The smallest absolute Gasteiger partial charge is 0.187 e. The number of carbonyl (C=O) groups is 1. The van der Waals surface area contributed by atoms with Gasteiger partial charge in [0.15, 0.2) is 17.4 Å². The van der Waals surface area contributed by atoms with Crippen LogP contribution in [-0.4, -0.2) is 11.4 Å². The Labute approximate surface area is 80.2 Å². The number of carbonyl (C=O) groups excluding carboxylic acids is 1. The summed E-state index contributed by atoms with van der Waals surface area (Å²) in [6.45, 7) is 1.68. The van der Waals surface area contributed by atoms with Gasteiger partial charge in [-0.2, -0.15) is 0 Å². The molecule has 1 unspecified atom stereocenters. The Bertz CT molecular complexity index is 327. The van der Waals surface area contributed by atoms with Crippen LogP contribution in [0.3, 0.4) is 0 Å². The van der Waals surface area contributed by atoms with Crippen molar-refractivity contribution in [1.82, 2.24) is 0 Å². The van der Waals surface area contributed by atoms with Gasteiger partial charge >= 0.3 is 0 Å². The number of halogens is 2. The normalized spacial score (nSPS) is 12.5. The van der Waals surface area contributed by atoms with Crippen molar-refractivity contribution in [2.45, 2.75) is 19.3 Å². The van der Waals surface area contributed by atoms with E-state index in [9.17, 15) is 13.6 Å². The summed E-state index contributed by atoms with van der Waals surface area (Å²) in [5.74, 6) is -3.24. The van der Waals surface area contributed by atoms with Crippen molar-refractivity contribution in [3.05, 3.63) is 29.3 Å². The molecule has 1 atom stereocenters. The zero-order valence-electron chi connectivity index (χ0n) is 7.63. The molecule has 1 aromatic rings. The van der Waals surface area contributed by atoms with Gasteiger partial charge in [0.25, 0.3) is 0 Å². The summed E-state index contributed by atoms with van der Waals surface area (Å²) < 4.78 is 25.7. The fourth-order valence-electron chi connectivity index (χ4n) is 1.15. The molecule has 0 fully saturated rings. The number of hydrogen-bond donors (Lipinski definition) is 1. The maximum atomic E-state index is 12.9. The third-order valence-corrected chi connectivity index (χ3v) is 2.06. The summed E-state index contributed by atoms with van der Waals surface area (Å²) >= 11 is 0. The summed E-state index contributed by atoms with van der Waals surface area (Å²) in [7, 11) is 0. The molecule has 0 aliphatic heterocycles. The molecule has 0 heterocycles. The van der Waals surface area contributed by atoms with Crippen LogP contribution in [0.4, 0.5) is 8.78 Å². The fourth-order valence-corrected chi connectivity index (χ4v) is 1.15. The highest BCUT2D eigenvalue weighted by Gasteiger charge is 2.13. The van der Waals surface area contributed by atoms with E-state index in [0.717, 1.165) is 12.1 Å². The molecule has 0 aliphatic carbocycles. The Hall–Kier alpha value is -1.45. The molecular weight excluding hydrogens is 190 g/mol. The summed E-state index contributed by atoms with van der Waals surface area (Å²) in [5, 5.41) is 8.82. The van der Waals surface area contributed by atoms with Crippen molar-refractivity contribution in [2.75, 3.05) is 0 Å². The Balaban J connectivity index is 3.05. The third-order valence-electron chi connectivity index (χ3n) is 2.06. The van der Waals surface area contributed by atoms with E-state index < -0.39 is 17.4 Å². The molecular formula is C10H10F2O2. The molecule has 4 heteroatoms. The van der Waals surface area contributed by atoms with Gasteiger partial charge in [-0.1, -0.05) is 6.92 Å². The van der Waals surface area contributed by atoms with E-state index in [1.165, 1.54) is 0 Å². The van der Waals surface area contributed by atoms with Crippen LogP contribution in [0.2, 0.25) is 0 Å². The first-order chi connectivity index (χ1) is 6.56. The Kier molecular flexibility index (Phi) is 3.17. The van der Waals surface area contributed by atoms with E-state index in [1.54, 1.807) is 6.92 Å². The van der Waals surface area contributed by atoms with Gasteiger partial charge in [-0.05, 0) is 23.6 Å². The van der Waals surface area contributed by atoms with Gasteiger partial charge in [0.2, 0.25) is 0 Å². The molecule has 0 bridgehead atoms. The molecule has 1 rings (SSSR count). The SMILES string of the molecule is CC(CC=O)c1cc(F)c(O)c(F)c1. The van der Waals surface area contributed by atoms with Crippen molar-refractivity contribution in [1.29, 1.82) is 0 Å². The number of aromatic hydroxyl groups is 1. The lowest BCUT2D eigenvalue weighted by Crippen LogP contribution is -1.97. The quantitative estimate of drug-likeness (QED) is 0.760. The summed E-state index contributed by atoms with van der Waals surface area (Å²) in [6, 6.07) is 2.07. The maximum Gasteiger partial charge on any atom is 0.187 e. The number of aldehydes is 1. The summed E-state index contributed by atoms with van der Waals surface area (Å²) in [5.41, 5.74) is 0.366. The molecule has 76 valence electrons. The molecule has 0 aliphatic rings. The fraction of sp³-hybridized carbons (Fsp3) is 0.300. The number of hydrogen-bond acceptors (Lipinski definition) is 2. The zero-order chi connectivity index (χ0) is 10.7. The molecule has 2 nitrogen and oxygen atoms in total. The van der Waals surface area contributed by atoms with Gasteiger partial charge in [-0.15, -0.1) is 0 Å². The summed E-state index contributed by atoms with van der Waals surface area (Å²) in [6.07, 6.45) is 0.886. The van der Waals surface area contributed by atoms with E-state index in [-0.39, 0.29) is 12.3 Å². The van der Waals surface area contributed by atoms with Crippen LogP contribution in [-0.2, 0) is 4.79 Å². The monoisotopic (exact) mass is 200 g/mol. The number of phenolic OH excluding ortho intramolecular Hbond substituents is 1. The van der Waals surface area contributed by atoms with E-state index in [0.29, 0.717) is 11.8 Å². The second-order valence-electron chi connectivity index (χ2n) is 3.14. The molecule has 0 saturated carbocycles. The minimum absolute atomic E-state index is 0.198. The Morgan fingerprint density at radius 2 is 1.93 bits per heavy atom. The lowest BCUT2D eigenvalue weighted by molar-refractivity contribution is -0.108. The average molecular weight is 200 g/mol. The maximum absolute atomic E-state index is 12.9. The van der Waals surface area contributed by atoms with Crippen molar-refractivity contribution in [3.8, 4) is 5.75 Å². The highest BCUT2D eigenvalue weighted by Crippen LogP contribution is 2.26. The molecule has 0 spiro atoms. The first-order valence-corrected chi connectivity index (χ1v) is 4.17. The topological polar surface area (TPSA) is 37.3 Å². The van der Waals surface area contributed by atoms with Crippen molar-refractivity contribution in [3.63, 3.8) is 0 Å². The minimum atomic E-state index is -1.00. The van der Waals surface area contributed by atoms with Gasteiger partial charge in [0, 0.05) is 6.42 Å². The van der Waals surface area contributed by atoms with Gasteiger partial charge in [-0.25, -0.2) is 8.78 Å². The minimum Gasteiger partial charge on any atom is -0.503 e. The predicted octanol–water partition coefficient (Wildman–Crippen LogP) is 2.36. The second kappa shape index (κ2) is 4.17. The van der Waals surface area contributed by atoms with Crippen molar-refractivity contribution < 1.29 is 18.7 Å². The Morgan fingerprint density at radius 3 is 2.36 bits per heavy atom. The molecule has 0 saturated heterocycles. The van der Waals surface area contributed by atoms with Gasteiger partial charge in [0.05, 0.1) is 0 Å².